The molecule has 0 aliphatic rings. The van der Waals surface area contributed by atoms with Gasteiger partial charge in [0.1, 0.15) is 11.9 Å². The molecule has 1 heterocycles. The lowest BCUT2D eigenvalue weighted by molar-refractivity contribution is 0.211. The molecule has 6 heteroatoms. The molecular weight excluding hydrogens is 405 g/mol. The van der Waals surface area contributed by atoms with Crippen molar-refractivity contribution in [2.45, 2.75) is 6.10 Å². The van der Waals surface area contributed by atoms with E-state index in [9.17, 15) is 19.4 Å². The molecule has 0 saturated heterocycles. The number of hydrogen-bond donors (Lipinski definition) is 2. The van der Waals surface area contributed by atoms with Crippen LogP contribution < -0.4 is 5.43 Å². The molecule has 1 unspecified atom stereocenters. The van der Waals surface area contributed by atoms with E-state index in [0.29, 0.717) is 5.69 Å². The quantitative estimate of drug-likeness (QED) is 0.482. The molecule has 0 bridgehead atoms. The summed E-state index contributed by atoms with van der Waals surface area (Å²) in [4.78, 5) is 12.1. The number of aliphatic hydroxyl groups is 1. The van der Waals surface area contributed by atoms with Crippen molar-refractivity contribution in [3.8, 4) is 22.6 Å². The molecule has 0 aliphatic carbocycles. The molecule has 30 heavy (non-hydrogen) atoms. The van der Waals surface area contributed by atoms with Gasteiger partial charge in [-0.3, -0.25) is 4.79 Å². The monoisotopic (exact) mass is 421 g/mol. The zero-order valence-electron chi connectivity index (χ0n) is 15.7. The minimum absolute atomic E-state index is 0.0652. The number of halogens is 2. The van der Waals surface area contributed by atoms with Crippen LogP contribution in [0.3, 0.4) is 0 Å². The Balaban J connectivity index is 1.86. The van der Waals surface area contributed by atoms with Gasteiger partial charge in [0.15, 0.2) is 5.75 Å². The predicted molar refractivity (Wildman–Crippen MR) is 115 cm³/mol. The number of aliphatic hydroxyl groups excluding tert-OH is 1. The highest BCUT2D eigenvalue weighted by molar-refractivity contribution is 6.30. The Bertz CT molecular complexity index is 1270. The van der Waals surface area contributed by atoms with Crippen molar-refractivity contribution >= 4 is 11.6 Å². The van der Waals surface area contributed by atoms with E-state index >= 15 is 0 Å². The number of nitrogens with zero attached hydrogens (tertiary/aromatic N) is 1. The van der Waals surface area contributed by atoms with Gasteiger partial charge in [0.25, 0.3) is 0 Å². The predicted octanol–water partition coefficient (Wildman–Crippen LogP) is 5.08. The molecule has 0 fully saturated rings. The van der Waals surface area contributed by atoms with Crippen LogP contribution in [0.25, 0.3) is 16.8 Å². The summed E-state index contributed by atoms with van der Waals surface area (Å²) in [5.41, 5.74) is 2.31. The van der Waals surface area contributed by atoms with Gasteiger partial charge in [0.05, 0.1) is 16.9 Å². The second-order valence-electron chi connectivity index (χ2n) is 6.81. The molecule has 0 aliphatic heterocycles. The number of aromatic hydroxyl groups is 1. The Morgan fingerprint density at radius 1 is 0.900 bits per heavy atom. The first-order valence-electron chi connectivity index (χ1n) is 9.18. The maximum atomic E-state index is 13.9. The first kappa shape index (κ1) is 19.9. The summed E-state index contributed by atoms with van der Waals surface area (Å²) in [6.45, 7) is 0. The maximum absolute atomic E-state index is 13.9. The fraction of sp³-hybridized carbons (Fsp3) is 0.0417. The summed E-state index contributed by atoms with van der Waals surface area (Å²) in [5, 5.41) is 20.8. The van der Waals surface area contributed by atoms with Crippen molar-refractivity contribution in [2.75, 3.05) is 0 Å². The van der Waals surface area contributed by atoms with Crippen LogP contribution >= 0.6 is 11.6 Å². The zero-order chi connectivity index (χ0) is 21.3. The van der Waals surface area contributed by atoms with Crippen LogP contribution in [0.4, 0.5) is 4.39 Å². The molecule has 2 N–H and O–H groups in total. The van der Waals surface area contributed by atoms with E-state index in [1.165, 1.54) is 22.9 Å². The van der Waals surface area contributed by atoms with Gasteiger partial charge in [0, 0.05) is 11.8 Å². The molecule has 4 nitrogen and oxygen atoms in total. The van der Waals surface area contributed by atoms with E-state index in [2.05, 4.69) is 0 Å². The second-order valence-corrected chi connectivity index (χ2v) is 7.22. The van der Waals surface area contributed by atoms with Crippen LogP contribution in [0.5, 0.6) is 5.75 Å². The molecule has 1 aromatic heterocycles. The largest absolute Gasteiger partial charge is 0.503 e. The first-order chi connectivity index (χ1) is 14.4. The molecule has 0 radical (unpaired) electrons. The van der Waals surface area contributed by atoms with Gasteiger partial charge in [-0.2, -0.15) is 0 Å². The Labute approximate surface area is 177 Å². The van der Waals surface area contributed by atoms with Crippen molar-refractivity contribution in [2.24, 2.45) is 0 Å². The van der Waals surface area contributed by atoms with Crippen LogP contribution in [0.1, 0.15) is 17.4 Å². The Morgan fingerprint density at radius 2 is 1.63 bits per heavy atom. The lowest BCUT2D eigenvalue weighted by Gasteiger charge is -2.19. The van der Waals surface area contributed by atoms with Gasteiger partial charge in [-0.25, -0.2) is 4.39 Å². The van der Waals surface area contributed by atoms with Gasteiger partial charge in [-0.1, -0.05) is 60.1 Å². The Hall–Kier alpha value is -3.41. The minimum Gasteiger partial charge on any atom is -0.503 e. The number of hydrogen-bond acceptors (Lipinski definition) is 3. The molecule has 1 atom stereocenters. The van der Waals surface area contributed by atoms with Gasteiger partial charge >= 0.3 is 0 Å². The van der Waals surface area contributed by atoms with Crippen LogP contribution in [0.2, 0.25) is 5.02 Å². The minimum atomic E-state index is -1.31. The third-order valence-electron chi connectivity index (χ3n) is 4.83. The number of benzene rings is 3. The number of rotatable bonds is 4. The van der Waals surface area contributed by atoms with E-state index in [1.807, 2.05) is 48.5 Å². The van der Waals surface area contributed by atoms with Crippen LogP contribution in [-0.2, 0) is 0 Å². The summed E-state index contributed by atoms with van der Waals surface area (Å²) in [6, 6.07) is 22.2. The fourth-order valence-corrected chi connectivity index (χ4v) is 3.41. The SMILES string of the molecule is O=c1cc(C(O)c2ccc(Cl)c(F)c2)n(-c2cccc(-c3ccccc3)c2)cc1O. The average molecular weight is 422 g/mol. The smallest absolute Gasteiger partial charge is 0.223 e. The summed E-state index contributed by atoms with van der Waals surface area (Å²) >= 11 is 5.74. The number of pyridine rings is 1. The highest BCUT2D eigenvalue weighted by Crippen LogP contribution is 2.29. The van der Waals surface area contributed by atoms with Crippen molar-refractivity contribution in [3.05, 3.63) is 117 Å². The van der Waals surface area contributed by atoms with Gasteiger partial charge < -0.3 is 14.8 Å². The molecule has 0 saturated carbocycles. The zero-order valence-corrected chi connectivity index (χ0v) is 16.4. The van der Waals surface area contributed by atoms with E-state index in [0.717, 1.165) is 23.3 Å². The van der Waals surface area contributed by atoms with Crippen molar-refractivity contribution in [1.29, 1.82) is 0 Å². The molecule has 4 aromatic rings. The Morgan fingerprint density at radius 3 is 2.37 bits per heavy atom. The lowest BCUT2D eigenvalue weighted by Crippen LogP contribution is -2.15. The third kappa shape index (κ3) is 3.85. The van der Waals surface area contributed by atoms with Crippen LogP contribution in [0.15, 0.2) is 89.9 Å². The lowest BCUT2D eigenvalue weighted by atomic mass is 10.0. The van der Waals surface area contributed by atoms with E-state index in [-0.39, 0.29) is 16.3 Å². The second kappa shape index (κ2) is 8.14. The summed E-state index contributed by atoms with van der Waals surface area (Å²) in [5.74, 6) is -1.13. The normalized spacial score (nSPS) is 12.0. The topological polar surface area (TPSA) is 62.5 Å². The van der Waals surface area contributed by atoms with E-state index in [1.54, 1.807) is 6.07 Å². The fourth-order valence-electron chi connectivity index (χ4n) is 3.29. The highest BCUT2D eigenvalue weighted by atomic mass is 35.5. The van der Waals surface area contributed by atoms with Crippen molar-refractivity contribution < 1.29 is 14.6 Å². The van der Waals surface area contributed by atoms with Crippen LogP contribution in [-0.4, -0.2) is 14.8 Å². The molecular formula is C24H17ClFNO3. The van der Waals surface area contributed by atoms with Crippen LogP contribution in [0, 0.1) is 5.82 Å². The van der Waals surface area contributed by atoms with Gasteiger partial charge in [-0.15, -0.1) is 0 Å². The van der Waals surface area contributed by atoms with E-state index < -0.39 is 23.1 Å². The maximum Gasteiger partial charge on any atom is 0.223 e. The standard InChI is InChI=1S/C24H17ClFNO3/c25-19-10-9-17(12-20(19)26)24(30)21-13-22(28)23(29)14-27(21)18-8-4-7-16(11-18)15-5-2-1-3-6-15/h1-14,24,29-30H. The highest BCUT2D eigenvalue weighted by Gasteiger charge is 2.19. The average Bonchev–Trinajstić information content (AvgIpc) is 2.77. The van der Waals surface area contributed by atoms with Gasteiger partial charge in [-0.05, 0) is 41.0 Å². The third-order valence-corrected chi connectivity index (χ3v) is 5.14. The molecule has 0 spiro atoms. The number of aromatic nitrogens is 1. The van der Waals surface area contributed by atoms with E-state index in [4.69, 9.17) is 11.6 Å². The molecule has 150 valence electrons. The molecule has 4 rings (SSSR count). The summed E-state index contributed by atoms with van der Waals surface area (Å²) in [7, 11) is 0. The summed E-state index contributed by atoms with van der Waals surface area (Å²) < 4.78 is 15.4. The Kier molecular flexibility index (Phi) is 5.40. The van der Waals surface area contributed by atoms with Crippen molar-refractivity contribution in [3.63, 3.8) is 0 Å². The first-order valence-corrected chi connectivity index (χ1v) is 9.56. The summed E-state index contributed by atoms with van der Waals surface area (Å²) in [6.07, 6.45) is -0.0671. The molecule has 0 amide bonds. The molecule has 3 aromatic carbocycles. The van der Waals surface area contributed by atoms with Crippen molar-refractivity contribution in [1.82, 2.24) is 4.57 Å². The van der Waals surface area contributed by atoms with Gasteiger partial charge in [0.2, 0.25) is 5.43 Å².